The van der Waals surface area contributed by atoms with Crippen molar-refractivity contribution in [3.8, 4) is 5.88 Å². The van der Waals surface area contributed by atoms with Crippen molar-refractivity contribution in [2.75, 3.05) is 12.4 Å². The molecule has 0 amide bonds. The largest absolute Gasteiger partial charge is 0.481 e. The lowest BCUT2D eigenvalue weighted by atomic mass is 9.89. The average Bonchev–Trinajstić information content (AvgIpc) is 2.24. The van der Waals surface area contributed by atoms with Crippen molar-refractivity contribution in [3.05, 3.63) is 18.3 Å². The van der Waals surface area contributed by atoms with Crippen molar-refractivity contribution >= 4 is 5.69 Å². The molecule has 2 N–H and O–H groups in total. The van der Waals surface area contributed by atoms with Crippen LogP contribution in [0.3, 0.4) is 0 Å². The second kappa shape index (κ2) is 3.84. The zero-order valence-corrected chi connectivity index (χ0v) is 8.10. The number of methoxy groups -OCH3 is 1. The van der Waals surface area contributed by atoms with Gasteiger partial charge in [0.25, 0.3) is 0 Å². The second-order valence-electron chi connectivity index (χ2n) is 3.48. The lowest BCUT2D eigenvalue weighted by Gasteiger charge is -2.33. The van der Waals surface area contributed by atoms with Crippen LogP contribution < -0.4 is 10.1 Å². The van der Waals surface area contributed by atoms with Crippen molar-refractivity contribution in [1.82, 2.24) is 4.98 Å². The molecule has 1 aromatic rings. The molecular weight excluding hydrogens is 180 g/mol. The first-order valence-corrected chi connectivity index (χ1v) is 4.74. The zero-order chi connectivity index (χ0) is 9.97. The van der Waals surface area contributed by atoms with E-state index in [1.165, 1.54) is 0 Å². The molecule has 1 aliphatic carbocycles. The smallest absolute Gasteiger partial charge is 0.213 e. The lowest BCUT2D eigenvalue weighted by Crippen LogP contribution is -2.42. The van der Waals surface area contributed by atoms with Gasteiger partial charge in [-0.1, -0.05) is 0 Å². The molecule has 14 heavy (non-hydrogen) atoms. The zero-order valence-electron chi connectivity index (χ0n) is 8.10. The summed E-state index contributed by atoms with van der Waals surface area (Å²) in [6, 6.07) is 3.88. The quantitative estimate of drug-likeness (QED) is 0.754. The van der Waals surface area contributed by atoms with Crippen LogP contribution >= 0.6 is 0 Å². The number of rotatable bonds is 3. The molecule has 0 aromatic carbocycles. The summed E-state index contributed by atoms with van der Waals surface area (Å²) in [5.74, 6) is 0.602. The summed E-state index contributed by atoms with van der Waals surface area (Å²) in [6.07, 6.45) is 3.41. The first-order chi connectivity index (χ1) is 6.79. The third-order valence-corrected chi connectivity index (χ3v) is 2.54. The topological polar surface area (TPSA) is 54.4 Å². The minimum absolute atomic E-state index is 0.185. The van der Waals surface area contributed by atoms with Gasteiger partial charge in [0.15, 0.2) is 0 Å². The van der Waals surface area contributed by atoms with Crippen LogP contribution in [0.4, 0.5) is 5.69 Å². The maximum absolute atomic E-state index is 9.36. The molecule has 76 valence electrons. The van der Waals surface area contributed by atoms with Gasteiger partial charge >= 0.3 is 0 Å². The number of aromatic nitrogens is 1. The molecule has 2 rings (SSSR count). The van der Waals surface area contributed by atoms with Crippen LogP contribution in [-0.2, 0) is 0 Å². The molecule has 0 bridgehead atoms. The number of hydrogen-bond donors (Lipinski definition) is 2. The van der Waals surface area contributed by atoms with Crippen LogP contribution in [0.15, 0.2) is 18.3 Å². The predicted molar refractivity (Wildman–Crippen MR) is 53.4 cm³/mol. The molecule has 2 atom stereocenters. The van der Waals surface area contributed by atoms with Gasteiger partial charge in [0.05, 0.1) is 31.1 Å². The fourth-order valence-electron chi connectivity index (χ4n) is 1.45. The maximum Gasteiger partial charge on any atom is 0.213 e. The van der Waals surface area contributed by atoms with Crippen LogP contribution in [0, 0.1) is 0 Å². The van der Waals surface area contributed by atoms with Crippen molar-refractivity contribution in [3.63, 3.8) is 0 Å². The summed E-state index contributed by atoms with van der Waals surface area (Å²) in [5.41, 5.74) is 0.926. The average molecular weight is 194 g/mol. The normalized spacial score (nSPS) is 25.3. The third kappa shape index (κ3) is 1.80. The number of aliphatic hydroxyl groups excluding tert-OH is 1. The highest BCUT2D eigenvalue weighted by molar-refractivity contribution is 5.43. The van der Waals surface area contributed by atoms with E-state index in [9.17, 15) is 5.11 Å². The van der Waals surface area contributed by atoms with Gasteiger partial charge in [-0.3, -0.25) is 0 Å². The molecule has 1 saturated carbocycles. The summed E-state index contributed by atoms with van der Waals surface area (Å²) in [6.45, 7) is 0. The molecule has 1 fully saturated rings. The van der Waals surface area contributed by atoms with Gasteiger partial charge in [0.2, 0.25) is 5.88 Å². The van der Waals surface area contributed by atoms with Crippen LogP contribution in [0.25, 0.3) is 0 Å². The molecule has 0 aliphatic heterocycles. The minimum Gasteiger partial charge on any atom is -0.481 e. The Labute approximate surface area is 82.9 Å². The van der Waals surface area contributed by atoms with E-state index < -0.39 is 0 Å². The van der Waals surface area contributed by atoms with Crippen LogP contribution in [0.1, 0.15) is 12.8 Å². The number of nitrogens with zero attached hydrogens (tertiary/aromatic N) is 1. The van der Waals surface area contributed by atoms with Crippen molar-refractivity contribution in [2.45, 2.75) is 25.0 Å². The Hall–Kier alpha value is -1.29. The number of pyridine rings is 1. The number of aliphatic hydroxyl groups is 1. The second-order valence-corrected chi connectivity index (χ2v) is 3.48. The molecule has 1 heterocycles. The fourth-order valence-corrected chi connectivity index (χ4v) is 1.45. The maximum atomic E-state index is 9.36. The Morgan fingerprint density at radius 2 is 2.36 bits per heavy atom. The first-order valence-electron chi connectivity index (χ1n) is 4.74. The first kappa shape index (κ1) is 9.27. The standard InChI is InChI=1S/C10H14N2O2/c1-14-10-5-2-7(6-11-10)12-8-3-4-9(8)13/h2,5-6,8-9,12-13H,3-4H2,1H3/t8-,9-/m0/s1. The Morgan fingerprint density at radius 1 is 1.50 bits per heavy atom. The van der Waals surface area contributed by atoms with E-state index in [2.05, 4.69) is 10.3 Å². The van der Waals surface area contributed by atoms with E-state index in [1.54, 1.807) is 19.4 Å². The summed E-state index contributed by atoms with van der Waals surface area (Å²) >= 11 is 0. The molecule has 0 spiro atoms. The number of ether oxygens (including phenoxy) is 1. The van der Waals surface area contributed by atoms with Gasteiger partial charge in [-0.05, 0) is 18.9 Å². The van der Waals surface area contributed by atoms with Crippen LogP contribution in [0.2, 0.25) is 0 Å². The predicted octanol–water partition coefficient (Wildman–Crippen LogP) is 1.03. The Kier molecular flexibility index (Phi) is 2.54. The molecule has 4 nitrogen and oxygen atoms in total. The van der Waals surface area contributed by atoms with E-state index in [0.717, 1.165) is 18.5 Å². The highest BCUT2D eigenvalue weighted by Gasteiger charge is 2.28. The van der Waals surface area contributed by atoms with Gasteiger partial charge in [-0.15, -0.1) is 0 Å². The van der Waals surface area contributed by atoms with Gasteiger partial charge in [0.1, 0.15) is 0 Å². The van der Waals surface area contributed by atoms with Crippen molar-refractivity contribution in [1.29, 1.82) is 0 Å². The van der Waals surface area contributed by atoms with E-state index >= 15 is 0 Å². The third-order valence-electron chi connectivity index (χ3n) is 2.54. The molecule has 0 saturated heterocycles. The van der Waals surface area contributed by atoms with E-state index in [1.807, 2.05) is 6.07 Å². The molecular formula is C10H14N2O2. The van der Waals surface area contributed by atoms with E-state index in [0.29, 0.717) is 5.88 Å². The Balaban J connectivity index is 1.96. The Bertz CT molecular complexity index is 299. The van der Waals surface area contributed by atoms with Crippen LogP contribution in [-0.4, -0.2) is 29.3 Å². The minimum atomic E-state index is -0.211. The number of nitrogens with one attached hydrogen (secondary N) is 1. The van der Waals surface area contributed by atoms with Crippen LogP contribution in [0.5, 0.6) is 5.88 Å². The summed E-state index contributed by atoms with van der Waals surface area (Å²) < 4.78 is 4.95. The molecule has 0 unspecified atom stereocenters. The monoisotopic (exact) mass is 194 g/mol. The summed E-state index contributed by atoms with van der Waals surface area (Å²) in [4.78, 5) is 4.07. The lowest BCUT2D eigenvalue weighted by molar-refractivity contribution is 0.0786. The summed E-state index contributed by atoms with van der Waals surface area (Å²) in [5, 5.41) is 12.6. The Morgan fingerprint density at radius 3 is 2.79 bits per heavy atom. The van der Waals surface area contributed by atoms with Gasteiger partial charge in [-0.2, -0.15) is 0 Å². The molecule has 1 aliphatic rings. The van der Waals surface area contributed by atoms with Crippen molar-refractivity contribution in [2.24, 2.45) is 0 Å². The number of anilines is 1. The van der Waals surface area contributed by atoms with Gasteiger partial charge < -0.3 is 15.2 Å². The van der Waals surface area contributed by atoms with Gasteiger partial charge in [-0.25, -0.2) is 4.98 Å². The van der Waals surface area contributed by atoms with E-state index in [4.69, 9.17) is 4.74 Å². The number of hydrogen-bond acceptors (Lipinski definition) is 4. The highest BCUT2D eigenvalue weighted by Crippen LogP contribution is 2.24. The highest BCUT2D eigenvalue weighted by atomic mass is 16.5. The fraction of sp³-hybridized carbons (Fsp3) is 0.500. The summed E-state index contributed by atoms with van der Waals surface area (Å²) in [7, 11) is 1.59. The molecule has 1 aromatic heterocycles. The SMILES string of the molecule is COc1ccc(N[C@H]2CC[C@@H]2O)cn1. The molecule has 0 radical (unpaired) electrons. The van der Waals surface area contributed by atoms with E-state index in [-0.39, 0.29) is 12.1 Å². The van der Waals surface area contributed by atoms with Gasteiger partial charge in [0, 0.05) is 6.07 Å². The molecule has 4 heteroatoms. The van der Waals surface area contributed by atoms with Crippen molar-refractivity contribution < 1.29 is 9.84 Å².